The van der Waals surface area contributed by atoms with E-state index < -0.39 is 0 Å². The summed E-state index contributed by atoms with van der Waals surface area (Å²) in [6.45, 7) is 5.15. The molecule has 4 nitrogen and oxygen atoms in total. The molecule has 1 fully saturated rings. The lowest BCUT2D eigenvalue weighted by Gasteiger charge is -2.40. The first-order valence-electron chi connectivity index (χ1n) is 9.87. The molecule has 0 saturated carbocycles. The molecule has 2 aromatic carbocycles. The summed E-state index contributed by atoms with van der Waals surface area (Å²) in [4.78, 5) is 9.80. The van der Waals surface area contributed by atoms with Crippen LogP contribution in [-0.4, -0.2) is 40.3 Å². The maximum Gasteiger partial charge on any atom is 0.150 e. The normalized spacial score (nSPS) is 19.4. The maximum absolute atomic E-state index is 10.4. The fourth-order valence-corrected chi connectivity index (χ4v) is 3.98. The average Bonchev–Trinajstić information content (AvgIpc) is 2.72. The molecule has 1 unspecified atom stereocenters. The van der Waals surface area contributed by atoms with Crippen molar-refractivity contribution in [1.29, 1.82) is 0 Å². The number of allylic oxidation sites excluding steroid dienone is 1. The number of para-hydroxylation sites is 1. The number of piperidine rings is 1. The summed E-state index contributed by atoms with van der Waals surface area (Å²) < 4.78 is 0. The molecular weight excluding hydrogens is 334 g/mol. The molecule has 0 aliphatic carbocycles. The van der Waals surface area contributed by atoms with Gasteiger partial charge >= 0.3 is 0 Å². The van der Waals surface area contributed by atoms with Gasteiger partial charge in [-0.05, 0) is 37.8 Å². The number of fused-ring (bicyclic) bond motifs is 1. The molecule has 140 valence electrons. The third-order valence-electron chi connectivity index (χ3n) is 5.46. The van der Waals surface area contributed by atoms with Crippen LogP contribution in [0.25, 0.3) is 0 Å². The number of aromatic hydroxyl groups is 1. The van der Waals surface area contributed by atoms with Crippen molar-refractivity contribution in [3.05, 3.63) is 77.6 Å². The van der Waals surface area contributed by atoms with Crippen LogP contribution in [0, 0.1) is 0 Å². The van der Waals surface area contributed by atoms with Gasteiger partial charge in [-0.2, -0.15) is 0 Å². The number of nitrogens with zero attached hydrogens (tertiary/aromatic N) is 3. The Morgan fingerprint density at radius 2 is 1.85 bits per heavy atom. The molecule has 2 aromatic rings. The first-order valence-corrected chi connectivity index (χ1v) is 9.87. The third kappa shape index (κ3) is 3.70. The van der Waals surface area contributed by atoms with Crippen molar-refractivity contribution in [1.82, 2.24) is 9.80 Å². The van der Waals surface area contributed by atoms with E-state index >= 15 is 0 Å². The van der Waals surface area contributed by atoms with Gasteiger partial charge in [-0.3, -0.25) is 4.99 Å². The molecular formula is C23H27N3O. The van der Waals surface area contributed by atoms with Crippen LogP contribution >= 0.6 is 0 Å². The number of benzene rings is 2. The number of phenols is 1. The Bertz CT molecular complexity index is 844. The molecule has 0 radical (unpaired) electrons. The van der Waals surface area contributed by atoms with Crippen molar-refractivity contribution in [3.63, 3.8) is 0 Å². The molecule has 1 saturated heterocycles. The zero-order valence-corrected chi connectivity index (χ0v) is 15.9. The first-order chi connectivity index (χ1) is 13.3. The second kappa shape index (κ2) is 7.87. The molecule has 2 aliphatic rings. The Balaban J connectivity index is 1.66. The first kappa shape index (κ1) is 17.7. The van der Waals surface area contributed by atoms with E-state index in [1.807, 2.05) is 18.2 Å². The molecule has 0 aromatic heterocycles. The van der Waals surface area contributed by atoms with E-state index in [1.165, 1.54) is 17.0 Å². The molecule has 4 rings (SSSR count). The van der Waals surface area contributed by atoms with Crippen molar-refractivity contribution in [2.24, 2.45) is 4.99 Å². The summed E-state index contributed by atoms with van der Waals surface area (Å²) in [5.74, 6) is 0.316. The van der Waals surface area contributed by atoms with Gasteiger partial charge in [-0.15, -0.1) is 0 Å². The summed E-state index contributed by atoms with van der Waals surface area (Å²) >= 11 is 0. The third-order valence-corrected chi connectivity index (χ3v) is 5.46. The van der Waals surface area contributed by atoms with Gasteiger partial charge in [0, 0.05) is 31.4 Å². The summed E-state index contributed by atoms with van der Waals surface area (Å²) in [7, 11) is 0. The summed E-state index contributed by atoms with van der Waals surface area (Å²) in [5.41, 5.74) is 4.62. The van der Waals surface area contributed by atoms with E-state index in [4.69, 9.17) is 4.99 Å². The van der Waals surface area contributed by atoms with E-state index in [0.717, 1.165) is 44.5 Å². The quantitative estimate of drug-likeness (QED) is 0.861. The fraction of sp³-hybridized carbons (Fsp3) is 0.348. The molecule has 27 heavy (non-hydrogen) atoms. The minimum absolute atomic E-state index is 0.162. The topological polar surface area (TPSA) is 39.1 Å². The summed E-state index contributed by atoms with van der Waals surface area (Å²) in [6.07, 6.45) is 5.21. The van der Waals surface area contributed by atoms with Crippen LogP contribution in [0.1, 0.15) is 37.1 Å². The monoisotopic (exact) mass is 361 g/mol. The fourth-order valence-electron chi connectivity index (χ4n) is 3.98. The molecule has 1 atom stereocenters. The number of hydrogen-bond acceptors (Lipinski definition) is 4. The average molecular weight is 361 g/mol. The number of phenolic OH excluding ortho intramolecular Hbond substituents is 1. The van der Waals surface area contributed by atoms with E-state index in [0.29, 0.717) is 5.75 Å². The van der Waals surface area contributed by atoms with Crippen molar-refractivity contribution in [2.45, 2.75) is 32.4 Å². The van der Waals surface area contributed by atoms with Gasteiger partial charge in [-0.25, -0.2) is 0 Å². The lowest BCUT2D eigenvalue weighted by molar-refractivity contribution is 0.256. The van der Waals surface area contributed by atoms with E-state index in [9.17, 15) is 5.11 Å². The van der Waals surface area contributed by atoms with E-state index in [1.54, 1.807) is 6.07 Å². The Morgan fingerprint density at radius 1 is 1.07 bits per heavy atom. The standard InChI is InChI=1S/C23H27N3O/c1-2-25-15-8-12-20-21(25)17-26(16-14-18-9-4-3-5-10-18)23(24-20)19-11-6-7-13-22(19)27/h3-7,9-11,13,17,23,27H,2,8,12,14-16H2,1H3. The van der Waals surface area contributed by atoms with Crippen LogP contribution in [0.15, 0.2) is 71.5 Å². The highest BCUT2D eigenvalue weighted by atomic mass is 16.3. The highest BCUT2D eigenvalue weighted by Crippen LogP contribution is 2.35. The van der Waals surface area contributed by atoms with Crippen LogP contribution < -0.4 is 0 Å². The van der Waals surface area contributed by atoms with Crippen LogP contribution in [0.3, 0.4) is 0 Å². The Labute approximate surface area is 161 Å². The summed E-state index contributed by atoms with van der Waals surface area (Å²) in [5, 5.41) is 10.4. The highest BCUT2D eigenvalue weighted by molar-refractivity contribution is 6.00. The van der Waals surface area contributed by atoms with Gasteiger partial charge in [0.25, 0.3) is 0 Å². The highest BCUT2D eigenvalue weighted by Gasteiger charge is 2.30. The Kier molecular flexibility index (Phi) is 5.14. The molecule has 0 spiro atoms. The van der Waals surface area contributed by atoms with Gasteiger partial charge in [0.15, 0.2) is 6.17 Å². The van der Waals surface area contributed by atoms with Crippen molar-refractivity contribution in [3.8, 4) is 5.75 Å². The Hall–Kier alpha value is -2.75. The van der Waals surface area contributed by atoms with Crippen LogP contribution in [0.4, 0.5) is 0 Å². The van der Waals surface area contributed by atoms with Crippen molar-refractivity contribution in [2.75, 3.05) is 19.6 Å². The van der Waals surface area contributed by atoms with Gasteiger partial charge in [0.1, 0.15) is 5.75 Å². The van der Waals surface area contributed by atoms with Crippen LogP contribution in [-0.2, 0) is 6.42 Å². The minimum atomic E-state index is -0.162. The molecule has 0 amide bonds. The second-order valence-corrected chi connectivity index (χ2v) is 7.18. The van der Waals surface area contributed by atoms with E-state index in [-0.39, 0.29) is 6.17 Å². The molecule has 2 heterocycles. The largest absolute Gasteiger partial charge is 0.508 e. The number of likely N-dealkylation sites (tertiary alicyclic amines) is 1. The van der Waals surface area contributed by atoms with Crippen molar-refractivity contribution < 1.29 is 5.11 Å². The van der Waals surface area contributed by atoms with Gasteiger partial charge in [0.05, 0.1) is 11.4 Å². The smallest absolute Gasteiger partial charge is 0.150 e. The van der Waals surface area contributed by atoms with Crippen LogP contribution in [0.5, 0.6) is 5.75 Å². The predicted molar refractivity (Wildman–Crippen MR) is 110 cm³/mol. The van der Waals surface area contributed by atoms with Gasteiger partial charge < -0.3 is 14.9 Å². The number of aliphatic imine (C=N–C) groups is 1. The predicted octanol–water partition coefficient (Wildman–Crippen LogP) is 4.35. The van der Waals surface area contributed by atoms with Crippen molar-refractivity contribution >= 4 is 5.71 Å². The molecule has 0 bridgehead atoms. The van der Waals surface area contributed by atoms with Gasteiger partial charge in [0.2, 0.25) is 0 Å². The lowest BCUT2D eigenvalue weighted by Crippen LogP contribution is -2.39. The molecule has 2 aliphatic heterocycles. The number of rotatable bonds is 5. The zero-order chi connectivity index (χ0) is 18.6. The number of hydrogen-bond donors (Lipinski definition) is 1. The van der Waals surface area contributed by atoms with E-state index in [2.05, 4.69) is 53.3 Å². The lowest BCUT2D eigenvalue weighted by atomic mass is 10.0. The SMILES string of the molecule is CCN1CCCC2=NC(c3ccccc3O)N(CCc3ccccc3)C=C21. The maximum atomic E-state index is 10.4. The molecule has 1 N–H and O–H groups in total. The Morgan fingerprint density at radius 3 is 2.63 bits per heavy atom. The minimum Gasteiger partial charge on any atom is -0.508 e. The van der Waals surface area contributed by atoms with Gasteiger partial charge in [-0.1, -0.05) is 48.5 Å². The second-order valence-electron chi connectivity index (χ2n) is 7.18. The zero-order valence-electron chi connectivity index (χ0n) is 15.9. The molecule has 4 heteroatoms. The van der Waals surface area contributed by atoms with Crippen LogP contribution in [0.2, 0.25) is 0 Å². The summed E-state index contributed by atoms with van der Waals surface area (Å²) in [6, 6.07) is 18.1.